The summed E-state index contributed by atoms with van der Waals surface area (Å²) in [5.41, 5.74) is -0.212. The minimum absolute atomic E-state index is 0.0174. The Morgan fingerprint density at radius 1 is 1.41 bits per heavy atom. The maximum Gasteiger partial charge on any atom is 0.471 e. The number of alkyl halides is 3. The van der Waals surface area contributed by atoms with Crippen LogP contribution in [0.25, 0.3) is 11.4 Å². The highest BCUT2D eigenvalue weighted by Crippen LogP contribution is 2.29. The summed E-state index contributed by atoms with van der Waals surface area (Å²) in [7, 11) is 0. The fraction of sp³-hybridized carbons (Fsp3) is 0.471. The van der Waals surface area contributed by atoms with Gasteiger partial charge in [-0.25, -0.2) is 4.39 Å². The summed E-state index contributed by atoms with van der Waals surface area (Å²) in [5.74, 6) is -3.37. The Bertz CT molecular complexity index is 822. The van der Waals surface area contributed by atoms with E-state index in [1.807, 2.05) is 6.92 Å². The molecule has 1 aromatic heterocycles. The molecule has 1 amide bonds. The van der Waals surface area contributed by atoms with Gasteiger partial charge in [-0.3, -0.25) is 9.69 Å². The van der Waals surface area contributed by atoms with E-state index in [9.17, 15) is 22.4 Å². The molecule has 1 aromatic carbocycles. The molecule has 0 aliphatic carbocycles. The SMILES string of the molecule is CCN1CCC[C@@H]1CNC(=O)c1ccc(-c2noc(C(F)(F)F)n2)cc1F. The van der Waals surface area contributed by atoms with Gasteiger partial charge in [-0.1, -0.05) is 18.1 Å². The number of likely N-dealkylation sites (N-methyl/N-ethyl adjacent to an activating group) is 1. The second-order valence-electron chi connectivity index (χ2n) is 6.25. The lowest BCUT2D eigenvalue weighted by Crippen LogP contribution is -2.40. The molecule has 1 atom stereocenters. The maximum absolute atomic E-state index is 14.3. The Morgan fingerprint density at radius 3 is 2.81 bits per heavy atom. The minimum atomic E-state index is -4.78. The minimum Gasteiger partial charge on any atom is -0.350 e. The van der Waals surface area contributed by atoms with Crippen molar-refractivity contribution in [2.24, 2.45) is 0 Å². The first-order valence-electron chi connectivity index (χ1n) is 8.52. The number of carbonyl (C=O) groups is 1. The first-order chi connectivity index (χ1) is 12.8. The molecule has 2 aromatic rings. The number of halogens is 4. The van der Waals surface area contributed by atoms with E-state index in [-0.39, 0.29) is 17.2 Å². The Balaban J connectivity index is 1.69. The molecule has 1 aliphatic heterocycles. The summed E-state index contributed by atoms with van der Waals surface area (Å²) in [6.45, 7) is 4.31. The number of hydrogen-bond donors (Lipinski definition) is 1. The lowest BCUT2D eigenvalue weighted by Gasteiger charge is -2.22. The van der Waals surface area contributed by atoms with Crippen LogP contribution in [0.15, 0.2) is 22.7 Å². The zero-order valence-electron chi connectivity index (χ0n) is 14.5. The maximum atomic E-state index is 14.3. The molecule has 1 N–H and O–H groups in total. The molecule has 10 heteroatoms. The van der Waals surface area contributed by atoms with Crippen molar-refractivity contribution >= 4 is 5.91 Å². The second-order valence-corrected chi connectivity index (χ2v) is 6.25. The van der Waals surface area contributed by atoms with Crippen molar-refractivity contribution in [2.75, 3.05) is 19.6 Å². The highest BCUT2D eigenvalue weighted by atomic mass is 19.4. The van der Waals surface area contributed by atoms with Gasteiger partial charge in [-0.15, -0.1) is 0 Å². The third-order valence-corrected chi connectivity index (χ3v) is 4.54. The summed E-state index contributed by atoms with van der Waals surface area (Å²) < 4.78 is 55.9. The molecular formula is C17H18F4N4O2. The molecule has 1 fully saturated rings. The number of carbonyl (C=O) groups excluding carboxylic acids is 1. The van der Waals surface area contributed by atoms with Crippen molar-refractivity contribution in [3.05, 3.63) is 35.5 Å². The van der Waals surface area contributed by atoms with Gasteiger partial charge in [0.2, 0.25) is 5.82 Å². The molecule has 3 rings (SSSR count). The molecular weight excluding hydrogens is 368 g/mol. The first kappa shape index (κ1) is 19.3. The number of likely N-dealkylation sites (tertiary alicyclic amines) is 1. The molecule has 2 heterocycles. The third kappa shape index (κ3) is 4.26. The van der Waals surface area contributed by atoms with Crippen LogP contribution in [-0.4, -0.2) is 46.6 Å². The number of nitrogens with zero attached hydrogens (tertiary/aromatic N) is 3. The van der Waals surface area contributed by atoms with E-state index in [2.05, 4.69) is 24.9 Å². The number of benzene rings is 1. The van der Waals surface area contributed by atoms with Crippen LogP contribution in [-0.2, 0) is 6.18 Å². The summed E-state index contributed by atoms with van der Waals surface area (Å²) in [6.07, 6.45) is -2.76. The van der Waals surface area contributed by atoms with E-state index >= 15 is 0 Å². The van der Waals surface area contributed by atoms with E-state index < -0.39 is 29.6 Å². The number of hydrogen-bond acceptors (Lipinski definition) is 5. The number of nitrogens with one attached hydrogen (secondary N) is 1. The average Bonchev–Trinajstić information content (AvgIpc) is 3.28. The molecule has 0 spiro atoms. The van der Waals surface area contributed by atoms with Gasteiger partial charge in [0, 0.05) is 18.2 Å². The van der Waals surface area contributed by atoms with Crippen LogP contribution in [0, 0.1) is 5.82 Å². The van der Waals surface area contributed by atoms with Crippen LogP contribution >= 0.6 is 0 Å². The topological polar surface area (TPSA) is 71.3 Å². The van der Waals surface area contributed by atoms with E-state index in [4.69, 9.17) is 0 Å². The third-order valence-electron chi connectivity index (χ3n) is 4.54. The van der Waals surface area contributed by atoms with Crippen molar-refractivity contribution in [1.29, 1.82) is 0 Å². The van der Waals surface area contributed by atoms with Gasteiger partial charge in [0.15, 0.2) is 0 Å². The summed E-state index contributed by atoms with van der Waals surface area (Å²) in [5, 5.41) is 5.91. The van der Waals surface area contributed by atoms with Gasteiger partial charge in [-0.2, -0.15) is 18.2 Å². The summed E-state index contributed by atoms with van der Waals surface area (Å²) in [6, 6.07) is 3.60. The van der Waals surface area contributed by atoms with Crippen molar-refractivity contribution in [2.45, 2.75) is 32.0 Å². The number of amides is 1. The largest absolute Gasteiger partial charge is 0.471 e. The van der Waals surface area contributed by atoms with Crippen LogP contribution < -0.4 is 5.32 Å². The molecule has 27 heavy (non-hydrogen) atoms. The van der Waals surface area contributed by atoms with Crippen LogP contribution in [0.2, 0.25) is 0 Å². The van der Waals surface area contributed by atoms with Crippen molar-refractivity contribution in [3.8, 4) is 11.4 Å². The average molecular weight is 386 g/mol. The smallest absolute Gasteiger partial charge is 0.350 e. The fourth-order valence-corrected chi connectivity index (χ4v) is 3.14. The van der Waals surface area contributed by atoms with Crippen LogP contribution in [0.1, 0.15) is 36.0 Å². The van der Waals surface area contributed by atoms with Gasteiger partial charge in [0.1, 0.15) is 5.82 Å². The standard InChI is InChI=1S/C17H18F4N4O2/c1-2-25-7-3-4-11(25)9-22-15(26)12-6-5-10(8-13(12)18)14-23-16(27-24-14)17(19,20)21/h5-6,8,11H,2-4,7,9H2,1H3,(H,22,26)/t11-/m1/s1. The lowest BCUT2D eigenvalue weighted by atomic mass is 10.1. The lowest BCUT2D eigenvalue weighted by molar-refractivity contribution is -0.159. The fourth-order valence-electron chi connectivity index (χ4n) is 3.14. The Labute approximate surface area is 152 Å². The zero-order valence-corrected chi connectivity index (χ0v) is 14.5. The van der Waals surface area contributed by atoms with Gasteiger partial charge in [0.05, 0.1) is 5.56 Å². The number of aromatic nitrogens is 2. The van der Waals surface area contributed by atoms with Crippen LogP contribution in [0.3, 0.4) is 0 Å². The van der Waals surface area contributed by atoms with Crippen molar-refractivity contribution in [3.63, 3.8) is 0 Å². The highest BCUT2D eigenvalue weighted by molar-refractivity contribution is 5.94. The van der Waals surface area contributed by atoms with Gasteiger partial charge in [-0.05, 0) is 38.1 Å². The Kier molecular flexibility index (Phi) is 5.45. The van der Waals surface area contributed by atoms with Crippen molar-refractivity contribution < 1.29 is 26.9 Å². The summed E-state index contributed by atoms with van der Waals surface area (Å²) in [4.78, 5) is 17.7. The van der Waals surface area contributed by atoms with E-state index in [0.29, 0.717) is 6.54 Å². The van der Waals surface area contributed by atoms with E-state index in [0.717, 1.165) is 32.0 Å². The van der Waals surface area contributed by atoms with E-state index in [1.165, 1.54) is 12.1 Å². The molecule has 0 radical (unpaired) electrons. The molecule has 0 bridgehead atoms. The Hall–Kier alpha value is -2.49. The normalized spacial score (nSPS) is 18.0. The van der Waals surface area contributed by atoms with Crippen molar-refractivity contribution in [1.82, 2.24) is 20.4 Å². The van der Waals surface area contributed by atoms with Gasteiger partial charge < -0.3 is 9.84 Å². The molecule has 0 unspecified atom stereocenters. The molecule has 1 aliphatic rings. The highest BCUT2D eigenvalue weighted by Gasteiger charge is 2.38. The second kappa shape index (κ2) is 7.63. The van der Waals surface area contributed by atoms with Gasteiger partial charge in [0.25, 0.3) is 5.91 Å². The molecule has 0 saturated carbocycles. The summed E-state index contributed by atoms with van der Waals surface area (Å²) >= 11 is 0. The Morgan fingerprint density at radius 2 is 2.19 bits per heavy atom. The van der Waals surface area contributed by atoms with Crippen LogP contribution in [0.4, 0.5) is 17.6 Å². The van der Waals surface area contributed by atoms with Crippen LogP contribution in [0.5, 0.6) is 0 Å². The van der Waals surface area contributed by atoms with E-state index in [1.54, 1.807) is 0 Å². The monoisotopic (exact) mass is 386 g/mol. The first-order valence-corrected chi connectivity index (χ1v) is 8.52. The molecule has 6 nitrogen and oxygen atoms in total. The number of rotatable bonds is 5. The quantitative estimate of drug-likeness (QED) is 0.800. The molecule has 146 valence electrons. The van der Waals surface area contributed by atoms with Gasteiger partial charge >= 0.3 is 12.1 Å². The molecule has 1 saturated heterocycles. The predicted molar refractivity (Wildman–Crippen MR) is 87.3 cm³/mol. The zero-order chi connectivity index (χ0) is 19.6. The predicted octanol–water partition coefficient (Wildman–Crippen LogP) is 3.11.